The number of halogens is 2. The van der Waals surface area contributed by atoms with E-state index < -0.39 is 0 Å². The van der Waals surface area contributed by atoms with Crippen LogP contribution in [0.1, 0.15) is 12.8 Å². The first-order chi connectivity index (χ1) is 9.54. The molecule has 1 aliphatic heterocycles. The highest BCUT2D eigenvalue weighted by Gasteiger charge is 2.22. The molecular formula is C12H15Cl2N4OS+. The average molecular weight is 334 g/mol. The minimum Gasteiger partial charge on any atom is -0.387 e. The summed E-state index contributed by atoms with van der Waals surface area (Å²) in [5, 5.41) is 15.2. The van der Waals surface area contributed by atoms with Crippen molar-refractivity contribution in [1.29, 1.82) is 0 Å². The number of nitrogens with one attached hydrogen (secondary N) is 1. The molecule has 8 heteroatoms. The highest BCUT2D eigenvalue weighted by molar-refractivity contribution is 7.71. The Morgan fingerprint density at radius 2 is 2.30 bits per heavy atom. The van der Waals surface area contributed by atoms with Crippen LogP contribution in [0.2, 0.25) is 10.0 Å². The summed E-state index contributed by atoms with van der Waals surface area (Å²) in [4.78, 5) is 1.27. The first kappa shape index (κ1) is 14.3. The summed E-state index contributed by atoms with van der Waals surface area (Å²) in [5.74, 6) is 0. The normalized spacial score (nSPS) is 23.4. The molecule has 0 radical (unpaired) electrons. The molecule has 20 heavy (non-hydrogen) atoms. The molecule has 1 saturated heterocycles. The Hall–Kier alpha value is -0.660. The molecule has 1 fully saturated rings. The quantitative estimate of drug-likeness (QED) is 0.811. The van der Waals surface area contributed by atoms with Gasteiger partial charge in [0, 0.05) is 6.20 Å². The SMILES string of the molecule is O[C@H]1CCC[NH+](Cn2nc3c(Cl)cc(Cl)cn3c2=S)C1. The Morgan fingerprint density at radius 3 is 3.05 bits per heavy atom. The topological polar surface area (TPSA) is 46.9 Å². The Kier molecular flexibility index (Phi) is 4.01. The molecule has 2 aromatic rings. The molecule has 3 rings (SSSR count). The van der Waals surface area contributed by atoms with Gasteiger partial charge in [-0.15, -0.1) is 5.10 Å². The average Bonchev–Trinajstić information content (AvgIpc) is 2.68. The molecule has 0 amide bonds. The van der Waals surface area contributed by atoms with Gasteiger partial charge in [0.15, 0.2) is 12.3 Å². The van der Waals surface area contributed by atoms with E-state index in [9.17, 15) is 5.11 Å². The molecule has 2 aromatic heterocycles. The van der Waals surface area contributed by atoms with Crippen LogP contribution in [0.4, 0.5) is 0 Å². The van der Waals surface area contributed by atoms with Crippen LogP contribution < -0.4 is 4.90 Å². The largest absolute Gasteiger partial charge is 0.387 e. The summed E-state index contributed by atoms with van der Waals surface area (Å²) in [5.41, 5.74) is 0.609. The second kappa shape index (κ2) is 5.61. The van der Waals surface area contributed by atoms with Crippen molar-refractivity contribution in [2.75, 3.05) is 13.1 Å². The number of hydrogen-bond acceptors (Lipinski definition) is 3. The lowest BCUT2D eigenvalue weighted by Gasteiger charge is -2.26. The second-order valence-electron chi connectivity index (χ2n) is 5.14. The Labute approximate surface area is 131 Å². The summed E-state index contributed by atoms with van der Waals surface area (Å²) in [7, 11) is 0. The summed E-state index contributed by atoms with van der Waals surface area (Å²) in [6.07, 6.45) is 3.38. The lowest BCUT2D eigenvalue weighted by atomic mass is 10.1. The number of aliphatic hydroxyl groups is 1. The van der Waals surface area contributed by atoms with Gasteiger partial charge in [-0.3, -0.25) is 4.40 Å². The van der Waals surface area contributed by atoms with Crippen LogP contribution in [0.25, 0.3) is 5.65 Å². The van der Waals surface area contributed by atoms with E-state index in [0.29, 0.717) is 27.1 Å². The maximum Gasteiger partial charge on any atom is 0.207 e. The third-order valence-corrected chi connectivity index (χ3v) is 4.46. The predicted octanol–water partition coefficient (Wildman–Crippen LogP) is 1.17. The van der Waals surface area contributed by atoms with Crippen molar-refractivity contribution in [3.63, 3.8) is 0 Å². The van der Waals surface area contributed by atoms with Crippen molar-refractivity contribution in [2.24, 2.45) is 0 Å². The monoisotopic (exact) mass is 333 g/mol. The number of likely N-dealkylation sites (tertiary alicyclic amines) is 1. The first-order valence-electron chi connectivity index (χ1n) is 6.50. The predicted molar refractivity (Wildman–Crippen MR) is 80.0 cm³/mol. The van der Waals surface area contributed by atoms with Crippen molar-refractivity contribution in [1.82, 2.24) is 14.2 Å². The van der Waals surface area contributed by atoms with Crippen LogP contribution >= 0.6 is 35.4 Å². The molecule has 1 aliphatic rings. The molecule has 0 bridgehead atoms. The summed E-state index contributed by atoms with van der Waals surface area (Å²) in [6.45, 7) is 2.37. The molecular weight excluding hydrogens is 319 g/mol. The number of aliphatic hydroxyl groups excluding tert-OH is 1. The van der Waals surface area contributed by atoms with E-state index in [0.717, 1.165) is 25.9 Å². The van der Waals surface area contributed by atoms with Gasteiger partial charge in [-0.05, 0) is 31.1 Å². The number of nitrogens with zero attached hydrogens (tertiary/aromatic N) is 3. The molecule has 108 valence electrons. The fourth-order valence-corrected chi connectivity index (χ4v) is 3.38. The highest BCUT2D eigenvalue weighted by atomic mass is 35.5. The second-order valence-corrected chi connectivity index (χ2v) is 6.35. The Morgan fingerprint density at radius 1 is 1.50 bits per heavy atom. The maximum absolute atomic E-state index is 9.73. The smallest absolute Gasteiger partial charge is 0.207 e. The van der Waals surface area contributed by atoms with E-state index in [4.69, 9.17) is 35.4 Å². The molecule has 0 aromatic carbocycles. The molecule has 0 saturated carbocycles. The van der Waals surface area contributed by atoms with Crippen LogP contribution in [0.15, 0.2) is 12.3 Å². The number of hydrogen-bond donors (Lipinski definition) is 2. The van der Waals surface area contributed by atoms with Crippen LogP contribution in [0.3, 0.4) is 0 Å². The van der Waals surface area contributed by atoms with Crippen LogP contribution in [-0.2, 0) is 6.67 Å². The number of fused-ring (bicyclic) bond motifs is 1. The zero-order valence-electron chi connectivity index (χ0n) is 10.7. The van der Waals surface area contributed by atoms with Crippen LogP contribution in [-0.4, -0.2) is 38.5 Å². The minimum absolute atomic E-state index is 0.233. The van der Waals surface area contributed by atoms with E-state index in [1.54, 1.807) is 21.3 Å². The van der Waals surface area contributed by atoms with Gasteiger partial charge in [-0.1, -0.05) is 23.2 Å². The van der Waals surface area contributed by atoms with E-state index in [1.165, 1.54) is 4.90 Å². The number of pyridine rings is 1. The standard InChI is InChI=1S/C12H14Cl2N4OS/c13-8-4-10(14)11-15-18(12(20)17(11)5-8)7-16-3-1-2-9(19)6-16/h4-5,9,19H,1-3,6-7H2/p+1/t9-/m0/s1. The number of piperidine rings is 1. The number of rotatable bonds is 2. The van der Waals surface area contributed by atoms with Gasteiger partial charge < -0.3 is 10.0 Å². The van der Waals surface area contributed by atoms with E-state index in [1.807, 2.05) is 0 Å². The van der Waals surface area contributed by atoms with Crippen molar-refractivity contribution in [3.8, 4) is 0 Å². The minimum atomic E-state index is -0.233. The molecule has 2 N–H and O–H groups in total. The summed E-state index contributed by atoms with van der Waals surface area (Å²) >= 11 is 17.5. The van der Waals surface area contributed by atoms with Crippen LogP contribution in [0, 0.1) is 4.77 Å². The van der Waals surface area contributed by atoms with Crippen molar-refractivity contribution >= 4 is 41.1 Å². The fraction of sp³-hybridized carbons (Fsp3) is 0.500. The van der Waals surface area contributed by atoms with Gasteiger partial charge in [0.25, 0.3) is 0 Å². The Balaban J connectivity index is 1.94. The van der Waals surface area contributed by atoms with Gasteiger partial charge >= 0.3 is 0 Å². The van der Waals surface area contributed by atoms with Gasteiger partial charge in [-0.25, -0.2) is 0 Å². The van der Waals surface area contributed by atoms with Crippen molar-refractivity contribution in [2.45, 2.75) is 25.6 Å². The first-order valence-corrected chi connectivity index (χ1v) is 7.67. The summed E-state index contributed by atoms with van der Waals surface area (Å²) < 4.78 is 4.04. The van der Waals surface area contributed by atoms with Crippen LogP contribution in [0.5, 0.6) is 0 Å². The van der Waals surface area contributed by atoms with E-state index in [2.05, 4.69) is 5.10 Å². The number of quaternary nitrogens is 1. The zero-order valence-corrected chi connectivity index (χ0v) is 13.0. The van der Waals surface area contributed by atoms with E-state index >= 15 is 0 Å². The molecule has 2 atom stereocenters. The number of aromatic nitrogens is 3. The molecule has 0 spiro atoms. The third kappa shape index (κ3) is 2.71. The molecule has 1 unspecified atom stereocenters. The highest BCUT2D eigenvalue weighted by Crippen LogP contribution is 2.21. The lowest BCUT2D eigenvalue weighted by molar-refractivity contribution is -0.931. The molecule has 0 aliphatic carbocycles. The van der Waals surface area contributed by atoms with Crippen molar-refractivity contribution < 1.29 is 10.0 Å². The Bertz CT molecular complexity index is 699. The van der Waals surface area contributed by atoms with Gasteiger partial charge in [0.05, 0.1) is 16.6 Å². The van der Waals surface area contributed by atoms with E-state index in [-0.39, 0.29) is 6.10 Å². The van der Waals surface area contributed by atoms with Gasteiger partial charge in [0.1, 0.15) is 12.6 Å². The fourth-order valence-electron chi connectivity index (χ4n) is 2.63. The molecule has 5 nitrogen and oxygen atoms in total. The maximum atomic E-state index is 9.73. The zero-order chi connectivity index (χ0) is 14.3. The lowest BCUT2D eigenvalue weighted by Crippen LogP contribution is -3.13. The summed E-state index contributed by atoms with van der Waals surface area (Å²) in [6, 6.07) is 1.65. The van der Waals surface area contributed by atoms with Gasteiger partial charge in [0.2, 0.25) is 4.77 Å². The van der Waals surface area contributed by atoms with Crippen molar-refractivity contribution in [3.05, 3.63) is 27.1 Å². The van der Waals surface area contributed by atoms with Gasteiger partial charge in [-0.2, -0.15) is 4.68 Å². The molecule has 3 heterocycles. The third-order valence-electron chi connectivity index (χ3n) is 3.57.